The molecule has 0 saturated carbocycles. The van der Waals surface area contributed by atoms with Crippen LogP contribution in [0.25, 0.3) is 0 Å². The van der Waals surface area contributed by atoms with Crippen molar-refractivity contribution in [2.24, 2.45) is 0 Å². The second kappa shape index (κ2) is 8.77. The van der Waals surface area contributed by atoms with Crippen LogP contribution in [0.15, 0.2) is 24.3 Å². The van der Waals surface area contributed by atoms with Crippen LogP contribution in [0.5, 0.6) is 5.75 Å². The number of carboxylic acids is 1. The first-order valence-corrected chi connectivity index (χ1v) is 6.74. The molecule has 10 heteroatoms. The number of carbonyl (C=O) groups is 2. The molecule has 0 radical (unpaired) electrons. The molecule has 1 aliphatic rings. The summed E-state index contributed by atoms with van der Waals surface area (Å²) in [6.07, 6.45) is -8.61. The van der Waals surface area contributed by atoms with E-state index < -0.39 is 36.7 Å². The maximum absolute atomic E-state index is 10.9. The zero-order valence-electron chi connectivity index (χ0n) is 13.1. The van der Waals surface area contributed by atoms with Gasteiger partial charge in [-0.25, -0.2) is 0 Å². The van der Waals surface area contributed by atoms with E-state index in [-0.39, 0.29) is 41.2 Å². The first-order valence-electron chi connectivity index (χ1n) is 6.74. The number of hydrogen-bond donors (Lipinski definition) is 4. The second-order valence-corrected chi connectivity index (χ2v) is 5.04. The molecule has 1 aliphatic heterocycles. The van der Waals surface area contributed by atoms with Gasteiger partial charge in [-0.3, -0.25) is 4.79 Å². The summed E-state index contributed by atoms with van der Waals surface area (Å²) in [4.78, 5) is 21.8. The number of hydrogen-bond acceptors (Lipinski definition) is 8. The molecular formula is C14H16NNaO8. The maximum Gasteiger partial charge on any atom is 1.00 e. The van der Waals surface area contributed by atoms with Gasteiger partial charge in [-0.05, 0) is 24.3 Å². The fraction of sp³-hybridized carbons (Fsp3) is 0.429. The first kappa shape index (κ1) is 20.8. The predicted molar refractivity (Wildman–Crippen MR) is 73.1 cm³/mol. The summed E-state index contributed by atoms with van der Waals surface area (Å²) < 4.78 is 10.2. The smallest absolute Gasteiger partial charge is 0.547 e. The first-order chi connectivity index (χ1) is 10.8. The third-order valence-corrected chi connectivity index (χ3v) is 3.23. The number of aliphatic carboxylic acids is 1. The molecule has 1 amide bonds. The zero-order valence-corrected chi connectivity index (χ0v) is 15.1. The third kappa shape index (κ3) is 4.90. The molecule has 0 aromatic heterocycles. The van der Waals surface area contributed by atoms with Gasteiger partial charge in [-0.15, -0.1) is 0 Å². The minimum atomic E-state index is -1.84. The minimum Gasteiger partial charge on any atom is -0.547 e. The van der Waals surface area contributed by atoms with Crippen LogP contribution in [-0.2, 0) is 14.3 Å². The molecule has 0 bridgehead atoms. The summed E-state index contributed by atoms with van der Waals surface area (Å²) in [7, 11) is 0. The van der Waals surface area contributed by atoms with Crippen molar-refractivity contribution in [3.63, 3.8) is 0 Å². The molecule has 126 valence electrons. The van der Waals surface area contributed by atoms with E-state index in [0.29, 0.717) is 5.69 Å². The number of aliphatic hydroxyl groups excluding tert-OH is 3. The SMILES string of the molecule is CC(=O)Nc1ccc(O[C@H]2O[C@H](C(=O)[O-])[C@@H](O)[C@H](O)[C@H]2O)cc1.[Na+]. The number of benzene rings is 1. The molecule has 0 aliphatic carbocycles. The maximum atomic E-state index is 10.9. The normalized spacial score (nSPS) is 29.2. The van der Waals surface area contributed by atoms with E-state index in [0.717, 1.165) is 0 Å². The monoisotopic (exact) mass is 349 g/mol. The quantitative estimate of drug-likeness (QED) is 0.394. The van der Waals surface area contributed by atoms with Gasteiger partial charge in [0.25, 0.3) is 0 Å². The molecule has 0 spiro atoms. The number of anilines is 1. The van der Waals surface area contributed by atoms with Gasteiger partial charge in [0.1, 0.15) is 30.2 Å². The summed E-state index contributed by atoms with van der Waals surface area (Å²) in [6.45, 7) is 1.35. The molecule has 0 unspecified atom stereocenters. The Balaban J connectivity index is 0.00000288. The summed E-state index contributed by atoms with van der Waals surface area (Å²) in [5.74, 6) is -1.79. The molecule has 2 rings (SSSR count). The molecule has 24 heavy (non-hydrogen) atoms. The van der Waals surface area contributed by atoms with Crippen LogP contribution in [0, 0.1) is 0 Å². The number of carboxylic acid groups (broad SMARTS) is 1. The average Bonchev–Trinajstić information content (AvgIpc) is 2.48. The number of nitrogens with one attached hydrogen (secondary N) is 1. The van der Waals surface area contributed by atoms with E-state index >= 15 is 0 Å². The number of carbonyl (C=O) groups excluding carboxylic acids is 2. The summed E-state index contributed by atoms with van der Waals surface area (Å²) in [5, 5.41) is 42.4. The molecule has 1 fully saturated rings. The van der Waals surface area contributed by atoms with Gasteiger partial charge < -0.3 is 40.0 Å². The molecule has 1 heterocycles. The van der Waals surface area contributed by atoms with Crippen molar-refractivity contribution in [2.45, 2.75) is 37.6 Å². The largest absolute Gasteiger partial charge is 1.00 e. The Labute approximate surface area is 159 Å². The summed E-state index contributed by atoms with van der Waals surface area (Å²) in [5.41, 5.74) is 0.512. The number of amides is 1. The van der Waals surface area contributed by atoms with E-state index in [1.807, 2.05) is 0 Å². The van der Waals surface area contributed by atoms with Crippen molar-refractivity contribution >= 4 is 17.6 Å². The van der Waals surface area contributed by atoms with E-state index in [1.165, 1.54) is 31.2 Å². The standard InChI is InChI=1S/C14H17NO8.Na/c1-6(16)15-7-2-4-8(5-3-7)22-14-11(19)9(17)10(18)12(23-14)13(20)21;/h2-5,9-12,14,17-19H,1H3,(H,15,16)(H,20,21);/q;+1/p-1/t9-,10-,11+,12-,14-;/m0./s1. The second-order valence-electron chi connectivity index (χ2n) is 5.04. The van der Waals surface area contributed by atoms with E-state index in [1.54, 1.807) is 0 Å². The Kier molecular flexibility index (Phi) is 7.61. The van der Waals surface area contributed by atoms with Crippen LogP contribution in [0.4, 0.5) is 5.69 Å². The Morgan fingerprint density at radius 1 is 1.12 bits per heavy atom. The van der Waals surface area contributed by atoms with E-state index in [9.17, 15) is 30.0 Å². The topological polar surface area (TPSA) is 148 Å². The number of ether oxygens (including phenoxy) is 2. The van der Waals surface area contributed by atoms with Gasteiger partial charge in [0.15, 0.2) is 0 Å². The van der Waals surface area contributed by atoms with Crippen molar-refractivity contribution in [3.8, 4) is 5.75 Å². The van der Waals surface area contributed by atoms with Gasteiger partial charge in [0.2, 0.25) is 12.2 Å². The Bertz CT molecular complexity index is 581. The molecule has 4 N–H and O–H groups in total. The fourth-order valence-corrected chi connectivity index (χ4v) is 2.09. The minimum absolute atomic E-state index is 0. The Morgan fingerprint density at radius 3 is 2.21 bits per heavy atom. The van der Waals surface area contributed by atoms with Crippen molar-refractivity contribution in [1.29, 1.82) is 0 Å². The van der Waals surface area contributed by atoms with Crippen LogP contribution in [0.3, 0.4) is 0 Å². The van der Waals surface area contributed by atoms with Crippen molar-refractivity contribution < 1.29 is 69.0 Å². The molecule has 5 atom stereocenters. The van der Waals surface area contributed by atoms with Crippen LogP contribution < -0.4 is 44.7 Å². The van der Waals surface area contributed by atoms with Crippen LogP contribution >= 0.6 is 0 Å². The van der Waals surface area contributed by atoms with Gasteiger partial charge in [0.05, 0.1) is 5.97 Å². The molecular weight excluding hydrogens is 333 g/mol. The molecule has 1 aromatic carbocycles. The fourth-order valence-electron chi connectivity index (χ4n) is 2.09. The van der Waals surface area contributed by atoms with Crippen LogP contribution in [-0.4, -0.2) is 57.9 Å². The van der Waals surface area contributed by atoms with Crippen molar-refractivity contribution in [2.75, 3.05) is 5.32 Å². The molecule has 1 aromatic rings. The van der Waals surface area contributed by atoms with Gasteiger partial charge in [-0.2, -0.15) is 0 Å². The van der Waals surface area contributed by atoms with Crippen molar-refractivity contribution in [3.05, 3.63) is 24.3 Å². The van der Waals surface area contributed by atoms with Gasteiger partial charge >= 0.3 is 29.6 Å². The van der Waals surface area contributed by atoms with E-state index in [4.69, 9.17) is 9.47 Å². The summed E-state index contributed by atoms with van der Waals surface area (Å²) in [6, 6.07) is 5.94. The third-order valence-electron chi connectivity index (χ3n) is 3.23. The summed E-state index contributed by atoms with van der Waals surface area (Å²) >= 11 is 0. The van der Waals surface area contributed by atoms with E-state index in [2.05, 4.69) is 5.32 Å². The van der Waals surface area contributed by atoms with Crippen molar-refractivity contribution in [1.82, 2.24) is 0 Å². The Morgan fingerprint density at radius 2 is 1.71 bits per heavy atom. The zero-order chi connectivity index (χ0) is 17.1. The van der Waals surface area contributed by atoms with Gasteiger partial charge in [-0.1, -0.05) is 0 Å². The number of rotatable bonds is 4. The van der Waals surface area contributed by atoms with Crippen LogP contribution in [0.2, 0.25) is 0 Å². The average molecular weight is 349 g/mol. The molecule has 9 nitrogen and oxygen atoms in total. The molecule has 1 saturated heterocycles. The predicted octanol–water partition coefficient (Wildman–Crippen LogP) is -5.41. The van der Waals surface area contributed by atoms with Gasteiger partial charge in [0, 0.05) is 12.6 Å². The van der Waals surface area contributed by atoms with Crippen LogP contribution in [0.1, 0.15) is 6.92 Å². The Hall–Kier alpha value is -1.20. The number of aliphatic hydroxyl groups is 3.